The maximum Gasteiger partial charge on any atom is 0.0223 e. The zero-order valence-corrected chi connectivity index (χ0v) is 13.2. The Hall–Kier alpha value is -0.120. The van der Waals surface area contributed by atoms with Crippen LogP contribution < -0.4 is 5.32 Å². The fourth-order valence-corrected chi connectivity index (χ4v) is 3.75. The number of likely N-dealkylation sites (N-methyl/N-ethyl adjacent to an activating group) is 2. The maximum absolute atomic E-state index is 3.77. The first-order valence-electron chi connectivity index (χ1n) is 8.36. The molecule has 2 aliphatic rings. The van der Waals surface area contributed by atoms with Crippen LogP contribution in [0.1, 0.15) is 46.0 Å². The van der Waals surface area contributed by atoms with Crippen molar-refractivity contribution < 1.29 is 0 Å². The van der Waals surface area contributed by atoms with E-state index in [0.717, 1.165) is 18.5 Å². The Morgan fingerprint density at radius 1 is 1.16 bits per heavy atom. The van der Waals surface area contributed by atoms with E-state index in [9.17, 15) is 0 Å². The van der Waals surface area contributed by atoms with Gasteiger partial charge >= 0.3 is 0 Å². The number of rotatable bonds is 5. The van der Waals surface area contributed by atoms with E-state index in [1.54, 1.807) is 0 Å². The Kier molecular flexibility index (Phi) is 6.11. The van der Waals surface area contributed by atoms with Crippen LogP contribution in [0.2, 0.25) is 0 Å². The third-order valence-electron chi connectivity index (χ3n) is 5.18. The Morgan fingerprint density at radius 2 is 1.89 bits per heavy atom. The van der Waals surface area contributed by atoms with E-state index in [-0.39, 0.29) is 0 Å². The topological polar surface area (TPSA) is 18.5 Å². The summed E-state index contributed by atoms with van der Waals surface area (Å²) in [6.07, 6.45) is 7.25. The summed E-state index contributed by atoms with van der Waals surface area (Å²) in [7, 11) is 2.25. The fraction of sp³-hybridized carbons (Fsp3) is 1.00. The number of piperazine rings is 1. The summed E-state index contributed by atoms with van der Waals surface area (Å²) in [5.74, 6) is 0.920. The molecule has 0 aromatic heterocycles. The summed E-state index contributed by atoms with van der Waals surface area (Å²) in [6.45, 7) is 10.7. The third kappa shape index (κ3) is 4.44. The highest BCUT2D eigenvalue weighted by molar-refractivity contribution is 4.85. The fourth-order valence-electron chi connectivity index (χ4n) is 3.75. The van der Waals surface area contributed by atoms with Crippen LogP contribution in [0.3, 0.4) is 0 Å². The monoisotopic (exact) mass is 267 g/mol. The molecule has 1 N–H and O–H groups in total. The van der Waals surface area contributed by atoms with Gasteiger partial charge in [-0.15, -0.1) is 0 Å². The van der Waals surface area contributed by atoms with Gasteiger partial charge in [-0.25, -0.2) is 0 Å². The lowest BCUT2D eigenvalue weighted by molar-refractivity contribution is 0.0858. The Bertz CT molecular complexity index is 250. The highest BCUT2D eigenvalue weighted by Crippen LogP contribution is 2.27. The number of nitrogens with one attached hydrogen (secondary N) is 1. The minimum atomic E-state index is 0.711. The van der Waals surface area contributed by atoms with Gasteiger partial charge in [-0.05, 0) is 39.3 Å². The predicted molar refractivity (Wildman–Crippen MR) is 82.6 cm³/mol. The van der Waals surface area contributed by atoms with Gasteiger partial charge in [-0.2, -0.15) is 0 Å². The van der Waals surface area contributed by atoms with Gasteiger partial charge in [0.25, 0.3) is 0 Å². The summed E-state index contributed by atoms with van der Waals surface area (Å²) in [6, 6.07) is 1.43. The Balaban J connectivity index is 1.85. The van der Waals surface area contributed by atoms with Crippen molar-refractivity contribution in [1.82, 2.24) is 15.1 Å². The van der Waals surface area contributed by atoms with Crippen molar-refractivity contribution in [1.29, 1.82) is 0 Å². The summed E-state index contributed by atoms with van der Waals surface area (Å²) >= 11 is 0. The van der Waals surface area contributed by atoms with Crippen molar-refractivity contribution in [2.75, 3.05) is 39.8 Å². The van der Waals surface area contributed by atoms with Crippen LogP contribution in [-0.4, -0.2) is 61.7 Å². The van der Waals surface area contributed by atoms with E-state index in [4.69, 9.17) is 0 Å². The summed E-state index contributed by atoms with van der Waals surface area (Å²) in [5, 5.41) is 3.77. The van der Waals surface area contributed by atoms with Crippen LogP contribution in [0.5, 0.6) is 0 Å². The molecule has 112 valence electrons. The van der Waals surface area contributed by atoms with Crippen molar-refractivity contribution in [2.24, 2.45) is 5.92 Å². The van der Waals surface area contributed by atoms with Gasteiger partial charge < -0.3 is 10.2 Å². The normalized spacial score (nSPS) is 29.5. The number of nitrogens with zero attached hydrogens (tertiary/aromatic N) is 2. The molecule has 2 atom stereocenters. The molecule has 0 spiro atoms. The first kappa shape index (κ1) is 15.3. The van der Waals surface area contributed by atoms with Crippen LogP contribution in [0, 0.1) is 5.92 Å². The lowest BCUT2D eigenvalue weighted by Crippen LogP contribution is -2.54. The van der Waals surface area contributed by atoms with Crippen LogP contribution in [0.25, 0.3) is 0 Å². The van der Waals surface area contributed by atoms with E-state index in [1.165, 1.54) is 58.3 Å². The van der Waals surface area contributed by atoms with Crippen LogP contribution in [0.4, 0.5) is 0 Å². The standard InChI is InChI=1S/C16H33N3/c1-4-17-16(15-8-6-5-7-9-15)13-19-11-10-18(3)14(2)12-19/h14-17H,4-13H2,1-3H3. The minimum absolute atomic E-state index is 0.711. The highest BCUT2D eigenvalue weighted by Gasteiger charge is 2.27. The molecule has 1 heterocycles. The molecule has 3 nitrogen and oxygen atoms in total. The van der Waals surface area contributed by atoms with Crippen molar-refractivity contribution in [3.05, 3.63) is 0 Å². The number of hydrogen-bond donors (Lipinski definition) is 1. The van der Waals surface area contributed by atoms with Crippen molar-refractivity contribution >= 4 is 0 Å². The van der Waals surface area contributed by atoms with Crippen molar-refractivity contribution in [2.45, 2.75) is 58.0 Å². The molecule has 0 amide bonds. The summed E-state index contributed by atoms with van der Waals surface area (Å²) in [5.41, 5.74) is 0. The van der Waals surface area contributed by atoms with E-state index in [1.807, 2.05) is 0 Å². The van der Waals surface area contributed by atoms with Gasteiger partial charge in [0.05, 0.1) is 0 Å². The molecule has 0 aromatic carbocycles. The van der Waals surface area contributed by atoms with Crippen LogP contribution in [0.15, 0.2) is 0 Å². The molecule has 2 fully saturated rings. The lowest BCUT2D eigenvalue weighted by Gasteiger charge is -2.41. The van der Waals surface area contributed by atoms with Gasteiger partial charge in [0.2, 0.25) is 0 Å². The van der Waals surface area contributed by atoms with Crippen molar-refractivity contribution in [3.8, 4) is 0 Å². The molecule has 0 radical (unpaired) electrons. The quantitative estimate of drug-likeness (QED) is 0.824. The van der Waals surface area contributed by atoms with Gasteiger partial charge in [0.15, 0.2) is 0 Å². The molecule has 1 aliphatic heterocycles. The molecule has 3 heteroatoms. The zero-order chi connectivity index (χ0) is 13.7. The smallest absolute Gasteiger partial charge is 0.0223 e. The molecular weight excluding hydrogens is 234 g/mol. The predicted octanol–water partition coefficient (Wildman–Crippen LogP) is 2.18. The second-order valence-corrected chi connectivity index (χ2v) is 6.65. The van der Waals surface area contributed by atoms with Gasteiger partial charge in [0.1, 0.15) is 0 Å². The zero-order valence-electron chi connectivity index (χ0n) is 13.2. The lowest BCUT2D eigenvalue weighted by atomic mass is 9.83. The number of hydrogen-bond acceptors (Lipinski definition) is 3. The summed E-state index contributed by atoms with van der Waals surface area (Å²) in [4.78, 5) is 5.17. The van der Waals surface area contributed by atoms with Crippen molar-refractivity contribution in [3.63, 3.8) is 0 Å². The molecule has 19 heavy (non-hydrogen) atoms. The third-order valence-corrected chi connectivity index (χ3v) is 5.18. The minimum Gasteiger partial charge on any atom is -0.313 e. The SMILES string of the molecule is CCNC(CN1CCN(C)C(C)C1)C1CCCCC1. The summed E-state index contributed by atoms with van der Waals surface area (Å²) < 4.78 is 0. The van der Waals surface area contributed by atoms with E-state index in [2.05, 4.69) is 36.0 Å². The van der Waals surface area contributed by atoms with Gasteiger partial charge in [0, 0.05) is 38.3 Å². The molecule has 0 aromatic rings. The van der Waals surface area contributed by atoms with E-state index >= 15 is 0 Å². The van der Waals surface area contributed by atoms with Crippen LogP contribution >= 0.6 is 0 Å². The second kappa shape index (κ2) is 7.61. The molecule has 2 unspecified atom stereocenters. The largest absolute Gasteiger partial charge is 0.313 e. The average molecular weight is 267 g/mol. The van der Waals surface area contributed by atoms with Crippen LogP contribution in [-0.2, 0) is 0 Å². The van der Waals surface area contributed by atoms with Gasteiger partial charge in [-0.1, -0.05) is 26.2 Å². The first-order valence-corrected chi connectivity index (χ1v) is 8.36. The molecule has 1 saturated carbocycles. The highest BCUT2D eigenvalue weighted by atomic mass is 15.3. The second-order valence-electron chi connectivity index (χ2n) is 6.65. The molecule has 1 aliphatic carbocycles. The molecule has 0 bridgehead atoms. The molecule has 1 saturated heterocycles. The van der Waals surface area contributed by atoms with E-state index in [0.29, 0.717) is 6.04 Å². The maximum atomic E-state index is 3.77. The average Bonchev–Trinajstić information content (AvgIpc) is 2.43. The Labute approximate surface area is 119 Å². The molecule has 2 rings (SSSR count). The molecular formula is C16H33N3. The van der Waals surface area contributed by atoms with E-state index < -0.39 is 0 Å². The first-order chi connectivity index (χ1) is 9.20. The Morgan fingerprint density at radius 3 is 2.53 bits per heavy atom. The van der Waals surface area contributed by atoms with Gasteiger partial charge in [-0.3, -0.25) is 4.90 Å².